The summed E-state index contributed by atoms with van der Waals surface area (Å²) in [5.74, 6) is -5.58. The van der Waals surface area contributed by atoms with Crippen LogP contribution in [-0.2, 0) is 35.0 Å². The molecule has 1 aliphatic rings. The molecule has 3 aromatic carbocycles. The van der Waals surface area contributed by atoms with Crippen LogP contribution in [-0.4, -0.2) is 71.8 Å². The minimum absolute atomic E-state index is 0.0720. The molecule has 3 N–H and O–H groups in total. The number of benzene rings is 3. The first-order valence-electron chi connectivity index (χ1n) is 13.2. The average Bonchev–Trinajstić information content (AvgIpc) is 2.98. The zero-order chi connectivity index (χ0) is 32.1. The summed E-state index contributed by atoms with van der Waals surface area (Å²) < 4.78 is 19.9. The second-order valence-electron chi connectivity index (χ2n) is 10.0. The van der Waals surface area contributed by atoms with E-state index in [4.69, 9.17) is 42.5 Å². The zero-order valence-corrected chi connectivity index (χ0v) is 24.8. The summed E-state index contributed by atoms with van der Waals surface area (Å²) in [6.07, 6.45) is -7.82. The number of nitrogens with one attached hydrogen (secondary N) is 1. The highest BCUT2D eigenvalue weighted by molar-refractivity contribution is 6.42. The van der Waals surface area contributed by atoms with Gasteiger partial charge in [0.15, 0.2) is 12.2 Å². The van der Waals surface area contributed by atoms with E-state index in [1.165, 1.54) is 6.92 Å². The largest absolute Gasteiger partial charge is 0.506 e. The standard InChI is InChI=1S/C30H27Cl2NO11/c1-14(33-26(34)22-23(28(36)41-2)25(44-30(39)40)24(22)43-29(37)38)21(12-15-7-10-19(31)20(32)11-15)42-27(35)18-9-8-16-5-3-4-6-17(16)13-18/h3-11,13-14,21-25H,12H2,1-2H3,(H,33,34)(H,37,38)(H,39,40)/t14-,21+,22-,23-,24-,25-/m0/s1. The number of hydrogen-bond acceptors (Lipinski definition) is 9. The molecule has 1 fully saturated rings. The highest BCUT2D eigenvalue weighted by Gasteiger charge is 2.63. The lowest BCUT2D eigenvalue weighted by Crippen LogP contribution is -2.67. The highest BCUT2D eigenvalue weighted by Crippen LogP contribution is 2.41. The van der Waals surface area contributed by atoms with Gasteiger partial charge in [0.25, 0.3) is 0 Å². The third-order valence-electron chi connectivity index (χ3n) is 7.26. The van der Waals surface area contributed by atoms with E-state index in [1.54, 1.807) is 36.4 Å². The van der Waals surface area contributed by atoms with Crippen molar-refractivity contribution in [2.75, 3.05) is 7.11 Å². The summed E-state index contributed by atoms with van der Waals surface area (Å²) in [7, 11) is 1.02. The Hall–Kier alpha value is -4.55. The van der Waals surface area contributed by atoms with Gasteiger partial charge in [0, 0.05) is 6.42 Å². The molecule has 0 aliphatic heterocycles. The number of carboxylic acid groups (broad SMARTS) is 2. The van der Waals surface area contributed by atoms with Crippen molar-refractivity contribution in [2.24, 2.45) is 11.8 Å². The lowest BCUT2D eigenvalue weighted by Gasteiger charge is -2.46. The summed E-state index contributed by atoms with van der Waals surface area (Å²) in [6.45, 7) is 1.54. The summed E-state index contributed by atoms with van der Waals surface area (Å²) in [5, 5.41) is 23.2. The van der Waals surface area contributed by atoms with Crippen molar-refractivity contribution in [3.63, 3.8) is 0 Å². The number of methoxy groups -OCH3 is 1. The Morgan fingerprint density at radius 1 is 0.841 bits per heavy atom. The third-order valence-corrected chi connectivity index (χ3v) is 8.00. The molecule has 6 atom stereocenters. The Bertz CT molecular complexity index is 1600. The molecular weight excluding hydrogens is 621 g/mol. The highest BCUT2D eigenvalue weighted by atomic mass is 35.5. The number of amides is 1. The lowest BCUT2D eigenvalue weighted by molar-refractivity contribution is -0.198. The van der Waals surface area contributed by atoms with Gasteiger partial charge in [-0.15, -0.1) is 0 Å². The molecule has 1 saturated carbocycles. The van der Waals surface area contributed by atoms with E-state index >= 15 is 0 Å². The summed E-state index contributed by atoms with van der Waals surface area (Å²) in [5.41, 5.74) is 0.879. The molecular formula is C30H27Cl2NO11. The van der Waals surface area contributed by atoms with Crippen molar-refractivity contribution < 1.29 is 53.1 Å². The van der Waals surface area contributed by atoms with Crippen LogP contribution in [0.3, 0.4) is 0 Å². The predicted molar refractivity (Wildman–Crippen MR) is 156 cm³/mol. The average molecular weight is 648 g/mol. The first-order valence-corrected chi connectivity index (χ1v) is 14.0. The molecule has 0 spiro atoms. The minimum Gasteiger partial charge on any atom is -0.469 e. The number of carbonyl (C=O) groups is 5. The maximum Gasteiger partial charge on any atom is 0.506 e. The Balaban J connectivity index is 1.60. The molecule has 0 aromatic heterocycles. The molecule has 0 heterocycles. The van der Waals surface area contributed by atoms with Crippen molar-refractivity contribution in [1.29, 1.82) is 0 Å². The predicted octanol–water partition coefficient (Wildman–Crippen LogP) is 4.96. The Morgan fingerprint density at radius 3 is 2.09 bits per heavy atom. The van der Waals surface area contributed by atoms with Crippen molar-refractivity contribution in [3.8, 4) is 0 Å². The normalized spacial score (nSPS) is 20.4. The number of esters is 2. The van der Waals surface area contributed by atoms with Gasteiger partial charge in [-0.1, -0.05) is 59.6 Å². The van der Waals surface area contributed by atoms with Crippen LogP contribution in [0.25, 0.3) is 10.8 Å². The zero-order valence-electron chi connectivity index (χ0n) is 23.3. The molecule has 44 heavy (non-hydrogen) atoms. The van der Waals surface area contributed by atoms with E-state index in [9.17, 15) is 29.1 Å². The van der Waals surface area contributed by atoms with Gasteiger partial charge in [0.2, 0.25) is 5.91 Å². The molecule has 232 valence electrons. The quantitative estimate of drug-likeness (QED) is 0.200. The van der Waals surface area contributed by atoms with Gasteiger partial charge in [0.05, 0.1) is 34.7 Å². The van der Waals surface area contributed by atoms with Gasteiger partial charge in [-0.25, -0.2) is 14.4 Å². The van der Waals surface area contributed by atoms with Gasteiger partial charge in [-0.05, 0) is 47.5 Å². The maximum absolute atomic E-state index is 13.5. The SMILES string of the molecule is COC(=O)[C@@H]1[C@H](OC(=O)O)[C@@H](OC(=O)O)[C@H]1C(=O)N[C@@H](C)[C@@H](Cc1ccc(Cl)c(Cl)c1)OC(=O)c1ccc2ccccc2c1. The molecule has 1 amide bonds. The van der Waals surface area contributed by atoms with Gasteiger partial charge >= 0.3 is 24.2 Å². The van der Waals surface area contributed by atoms with E-state index < -0.39 is 66.3 Å². The van der Waals surface area contributed by atoms with Crippen molar-refractivity contribution in [1.82, 2.24) is 5.32 Å². The fraction of sp³-hybridized carbons (Fsp3) is 0.300. The molecule has 4 rings (SSSR count). The number of halogens is 2. The molecule has 1 aliphatic carbocycles. The molecule has 12 nitrogen and oxygen atoms in total. The Morgan fingerprint density at radius 2 is 1.48 bits per heavy atom. The molecule has 0 saturated heterocycles. The second-order valence-corrected chi connectivity index (χ2v) is 10.8. The molecule has 0 radical (unpaired) electrons. The van der Waals surface area contributed by atoms with Gasteiger partial charge in [0.1, 0.15) is 12.0 Å². The number of carbonyl (C=O) groups excluding carboxylic acids is 3. The van der Waals surface area contributed by atoms with Gasteiger partial charge in [-0.3, -0.25) is 9.59 Å². The fourth-order valence-electron chi connectivity index (χ4n) is 5.07. The number of ether oxygens (including phenoxy) is 4. The first kappa shape index (κ1) is 32.4. The minimum atomic E-state index is -1.81. The van der Waals surface area contributed by atoms with E-state index in [0.29, 0.717) is 10.6 Å². The Kier molecular flexibility index (Phi) is 10.2. The van der Waals surface area contributed by atoms with Crippen molar-refractivity contribution >= 4 is 64.1 Å². The number of hydrogen-bond donors (Lipinski definition) is 3. The summed E-state index contributed by atoms with van der Waals surface area (Å²) in [4.78, 5) is 61.8. The van der Waals surface area contributed by atoms with E-state index in [2.05, 4.69) is 10.1 Å². The van der Waals surface area contributed by atoms with Gasteiger partial charge < -0.3 is 34.5 Å². The van der Waals surface area contributed by atoms with Crippen LogP contribution in [0.2, 0.25) is 10.0 Å². The first-order chi connectivity index (χ1) is 20.9. The van der Waals surface area contributed by atoms with Crippen molar-refractivity contribution in [2.45, 2.75) is 37.7 Å². The summed E-state index contributed by atoms with van der Waals surface area (Å²) >= 11 is 12.2. The van der Waals surface area contributed by atoms with E-state index in [0.717, 1.165) is 17.9 Å². The second kappa shape index (κ2) is 13.8. The monoisotopic (exact) mass is 647 g/mol. The maximum atomic E-state index is 13.5. The van der Waals surface area contributed by atoms with E-state index in [1.807, 2.05) is 24.3 Å². The van der Waals surface area contributed by atoms with E-state index in [-0.39, 0.29) is 17.0 Å². The van der Waals surface area contributed by atoms with Gasteiger partial charge in [-0.2, -0.15) is 0 Å². The topological polar surface area (TPSA) is 175 Å². The van der Waals surface area contributed by atoms with Crippen LogP contribution in [0.4, 0.5) is 9.59 Å². The molecule has 0 bridgehead atoms. The number of fused-ring (bicyclic) bond motifs is 1. The molecule has 0 unspecified atom stereocenters. The van der Waals surface area contributed by atoms with Crippen molar-refractivity contribution in [3.05, 3.63) is 81.8 Å². The third kappa shape index (κ3) is 7.32. The van der Waals surface area contributed by atoms with Crippen LogP contribution in [0, 0.1) is 11.8 Å². The lowest BCUT2D eigenvalue weighted by atomic mass is 9.67. The molecule has 14 heteroatoms. The fourth-order valence-corrected chi connectivity index (χ4v) is 5.39. The smallest absolute Gasteiger partial charge is 0.469 e. The molecule has 3 aromatic rings. The van der Waals surface area contributed by atoms with Crippen LogP contribution in [0.1, 0.15) is 22.8 Å². The van der Waals surface area contributed by atoms with Crippen LogP contribution in [0.15, 0.2) is 60.7 Å². The van der Waals surface area contributed by atoms with Crippen LogP contribution < -0.4 is 5.32 Å². The summed E-state index contributed by atoms with van der Waals surface area (Å²) in [6, 6.07) is 16.4. The van der Waals surface area contributed by atoms with Crippen LogP contribution >= 0.6 is 23.2 Å². The number of rotatable bonds is 10. The Labute approximate surface area is 260 Å². The van der Waals surface area contributed by atoms with Crippen LogP contribution in [0.5, 0.6) is 0 Å².